The molecule has 0 saturated carbocycles. The van der Waals surface area contributed by atoms with Gasteiger partial charge >= 0.3 is 0 Å². The molecule has 1 aliphatic rings. The number of aromatic amines is 1. The Morgan fingerprint density at radius 3 is 2.92 bits per heavy atom. The van der Waals surface area contributed by atoms with Crippen LogP contribution in [0.2, 0.25) is 0 Å². The number of methoxy groups -OCH3 is 1. The third-order valence-corrected chi connectivity index (χ3v) is 4.24. The molecule has 4 rings (SSSR count). The van der Waals surface area contributed by atoms with Gasteiger partial charge in [-0.25, -0.2) is 9.40 Å². The summed E-state index contributed by atoms with van der Waals surface area (Å²) in [6.45, 7) is 1.19. The summed E-state index contributed by atoms with van der Waals surface area (Å²) in [5.41, 5.74) is 3.76. The normalized spacial score (nSPS) is 13.5. The van der Waals surface area contributed by atoms with Gasteiger partial charge in [0.05, 0.1) is 19.0 Å². The Labute approximate surface area is 150 Å². The number of benzene rings is 2. The van der Waals surface area contributed by atoms with E-state index in [1.165, 1.54) is 6.07 Å². The first kappa shape index (κ1) is 16.1. The standard InChI is InChI=1S/C19H18FN5O/c1-26-19-8-17(5-6-18(19)15-9-21-22-10-15)25-13-24(12-23-25)11-14-3-2-4-16(20)7-14/h2-10,12H,11,13H2,1H3,(H,21,22). The van der Waals surface area contributed by atoms with Crippen molar-refractivity contribution in [3.05, 3.63) is 66.2 Å². The Morgan fingerprint density at radius 2 is 2.15 bits per heavy atom. The number of aromatic nitrogens is 2. The molecule has 26 heavy (non-hydrogen) atoms. The zero-order chi connectivity index (χ0) is 17.9. The van der Waals surface area contributed by atoms with Crippen LogP contribution in [0.15, 0.2) is 60.0 Å². The van der Waals surface area contributed by atoms with E-state index in [-0.39, 0.29) is 5.82 Å². The van der Waals surface area contributed by atoms with E-state index >= 15 is 0 Å². The van der Waals surface area contributed by atoms with Gasteiger partial charge in [-0.15, -0.1) is 0 Å². The summed E-state index contributed by atoms with van der Waals surface area (Å²) in [5, 5.41) is 13.1. The van der Waals surface area contributed by atoms with Crippen LogP contribution in [0.5, 0.6) is 5.75 Å². The van der Waals surface area contributed by atoms with Gasteiger partial charge in [0.1, 0.15) is 24.6 Å². The molecule has 0 amide bonds. The molecular weight excluding hydrogens is 333 g/mol. The fourth-order valence-electron chi connectivity index (χ4n) is 2.97. The first-order valence-corrected chi connectivity index (χ1v) is 8.20. The van der Waals surface area contributed by atoms with Gasteiger partial charge in [-0.3, -0.25) is 5.10 Å². The molecular formula is C19H18FN5O. The first-order chi connectivity index (χ1) is 12.7. The van der Waals surface area contributed by atoms with Gasteiger partial charge in [-0.1, -0.05) is 12.1 Å². The Kier molecular flexibility index (Phi) is 4.27. The third kappa shape index (κ3) is 3.23. The molecule has 0 fully saturated rings. The average Bonchev–Trinajstić information content (AvgIpc) is 3.33. The van der Waals surface area contributed by atoms with Gasteiger partial charge in [0, 0.05) is 29.9 Å². The fraction of sp³-hybridized carbons (Fsp3) is 0.158. The summed E-state index contributed by atoms with van der Waals surface area (Å²) in [6.07, 6.45) is 5.35. The zero-order valence-electron chi connectivity index (χ0n) is 14.3. The summed E-state index contributed by atoms with van der Waals surface area (Å²) >= 11 is 0. The number of H-pyrrole nitrogens is 1. The molecule has 1 aliphatic heterocycles. The smallest absolute Gasteiger partial charge is 0.128 e. The van der Waals surface area contributed by atoms with E-state index in [9.17, 15) is 4.39 Å². The van der Waals surface area contributed by atoms with Crippen LogP contribution >= 0.6 is 0 Å². The van der Waals surface area contributed by atoms with E-state index in [2.05, 4.69) is 15.3 Å². The van der Waals surface area contributed by atoms with Crippen LogP contribution in [-0.4, -0.2) is 35.2 Å². The lowest BCUT2D eigenvalue weighted by Crippen LogP contribution is -2.26. The highest BCUT2D eigenvalue weighted by Gasteiger charge is 2.18. The Hall–Kier alpha value is -3.35. The molecule has 0 unspecified atom stereocenters. The number of nitrogens with zero attached hydrogens (tertiary/aromatic N) is 4. The van der Waals surface area contributed by atoms with Gasteiger partial charge in [0.15, 0.2) is 0 Å². The van der Waals surface area contributed by atoms with Crippen molar-refractivity contribution in [3.8, 4) is 16.9 Å². The van der Waals surface area contributed by atoms with E-state index in [1.54, 1.807) is 31.8 Å². The molecule has 0 bridgehead atoms. The SMILES string of the molecule is COc1cc(N2CN(Cc3cccc(F)c3)C=N2)ccc1-c1cn[nH]c1. The van der Waals surface area contributed by atoms with Crippen molar-refractivity contribution in [3.63, 3.8) is 0 Å². The summed E-state index contributed by atoms with van der Waals surface area (Å²) in [7, 11) is 1.65. The zero-order valence-corrected chi connectivity index (χ0v) is 14.3. The lowest BCUT2D eigenvalue weighted by atomic mass is 10.1. The molecule has 3 aromatic rings. The molecule has 0 spiro atoms. The minimum absolute atomic E-state index is 0.227. The molecule has 7 heteroatoms. The van der Waals surface area contributed by atoms with Crippen molar-refractivity contribution in [2.75, 3.05) is 18.8 Å². The molecule has 2 heterocycles. The van der Waals surface area contributed by atoms with Crippen LogP contribution in [0.4, 0.5) is 10.1 Å². The maximum Gasteiger partial charge on any atom is 0.128 e. The highest BCUT2D eigenvalue weighted by Crippen LogP contribution is 2.33. The molecule has 1 N–H and O–H groups in total. The predicted octanol–water partition coefficient (Wildman–Crippen LogP) is 3.45. The number of hydrazone groups is 1. The lowest BCUT2D eigenvalue weighted by molar-refractivity contribution is 0.416. The molecule has 2 aromatic carbocycles. The summed E-state index contributed by atoms with van der Waals surface area (Å²) < 4.78 is 18.9. The lowest BCUT2D eigenvalue weighted by Gasteiger charge is -2.20. The second-order valence-corrected chi connectivity index (χ2v) is 6.02. The van der Waals surface area contributed by atoms with Crippen molar-refractivity contribution >= 4 is 12.0 Å². The van der Waals surface area contributed by atoms with Gasteiger partial charge in [0.2, 0.25) is 0 Å². The number of anilines is 1. The topological polar surface area (TPSA) is 56.8 Å². The summed E-state index contributed by atoms with van der Waals surface area (Å²) in [6, 6.07) is 12.5. The second kappa shape index (κ2) is 6.87. The van der Waals surface area contributed by atoms with Gasteiger partial charge < -0.3 is 9.64 Å². The molecule has 1 aromatic heterocycles. The fourth-order valence-corrected chi connectivity index (χ4v) is 2.97. The molecule has 0 atom stereocenters. The number of rotatable bonds is 5. The van der Waals surface area contributed by atoms with Gasteiger partial charge in [0.25, 0.3) is 0 Å². The van der Waals surface area contributed by atoms with Crippen LogP contribution in [0.25, 0.3) is 11.1 Å². The summed E-state index contributed by atoms with van der Waals surface area (Å²) in [4.78, 5) is 2.02. The van der Waals surface area contributed by atoms with E-state index in [0.717, 1.165) is 28.1 Å². The summed E-state index contributed by atoms with van der Waals surface area (Å²) in [5.74, 6) is 0.526. The number of nitrogens with one attached hydrogen (secondary N) is 1. The number of ether oxygens (including phenoxy) is 1. The van der Waals surface area contributed by atoms with Crippen molar-refractivity contribution in [1.82, 2.24) is 15.1 Å². The van der Waals surface area contributed by atoms with Crippen molar-refractivity contribution in [1.29, 1.82) is 0 Å². The van der Waals surface area contributed by atoms with Crippen LogP contribution in [0.1, 0.15) is 5.56 Å². The van der Waals surface area contributed by atoms with E-state index < -0.39 is 0 Å². The average molecular weight is 351 g/mol. The molecule has 0 aliphatic carbocycles. The highest BCUT2D eigenvalue weighted by molar-refractivity contribution is 5.73. The maximum absolute atomic E-state index is 13.3. The minimum Gasteiger partial charge on any atom is -0.496 e. The van der Waals surface area contributed by atoms with E-state index in [1.807, 2.05) is 40.4 Å². The minimum atomic E-state index is -0.227. The molecule has 0 radical (unpaired) electrons. The largest absolute Gasteiger partial charge is 0.496 e. The quantitative estimate of drug-likeness (QED) is 0.765. The second-order valence-electron chi connectivity index (χ2n) is 6.02. The monoisotopic (exact) mass is 351 g/mol. The number of hydrogen-bond donors (Lipinski definition) is 1. The van der Waals surface area contributed by atoms with Gasteiger partial charge in [-0.2, -0.15) is 10.2 Å². The van der Waals surface area contributed by atoms with Crippen molar-refractivity contribution < 1.29 is 9.13 Å². The Bertz CT molecular complexity index is 925. The molecule has 132 valence electrons. The Balaban J connectivity index is 1.49. The Morgan fingerprint density at radius 1 is 1.23 bits per heavy atom. The predicted molar refractivity (Wildman–Crippen MR) is 98.4 cm³/mol. The van der Waals surface area contributed by atoms with Crippen LogP contribution in [-0.2, 0) is 6.54 Å². The van der Waals surface area contributed by atoms with E-state index in [4.69, 9.17) is 4.74 Å². The van der Waals surface area contributed by atoms with Crippen LogP contribution < -0.4 is 9.75 Å². The van der Waals surface area contributed by atoms with E-state index in [0.29, 0.717) is 13.2 Å². The van der Waals surface area contributed by atoms with Gasteiger partial charge in [-0.05, 0) is 29.8 Å². The third-order valence-electron chi connectivity index (χ3n) is 4.24. The maximum atomic E-state index is 13.3. The van der Waals surface area contributed by atoms with Crippen LogP contribution in [0, 0.1) is 5.82 Å². The highest BCUT2D eigenvalue weighted by atomic mass is 19.1. The molecule has 0 saturated heterocycles. The number of halogens is 1. The van der Waals surface area contributed by atoms with Crippen molar-refractivity contribution in [2.24, 2.45) is 5.10 Å². The first-order valence-electron chi connectivity index (χ1n) is 8.20. The van der Waals surface area contributed by atoms with Crippen LogP contribution in [0.3, 0.4) is 0 Å². The molecule has 6 nitrogen and oxygen atoms in total. The number of hydrogen-bond acceptors (Lipinski definition) is 5. The van der Waals surface area contributed by atoms with Crippen molar-refractivity contribution in [2.45, 2.75) is 6.54 Å².